The number of carbonyl (C=O) groups is 1. The molecule has 172 valence electrons. The molecule has 4 heteroatoms. The molecule has 1 atom stereocenters. The van der Waals surface area contributed by atoms with Crippen LogP contribution in [0.2, 0.25) is 0 Å². The van der Waals surface area contributed by atoms with E-state index in [0.717, 1.165) is 63.1 Å². The van der Waals surface area contributed by atoms with E-state index in [0.29, 0.717) is 0 Å². The van der Waals surface area contributed by atoms with Gasteiger partial charge in [0.05, 0.1) is 0 Å². The lowest BCUT2D eigenvalue weighted by atomic mass is 9.79. The van der Waals surface area contributed by atoms with Crippen LogP contribution in [0.4, 0.5) is 0 Å². The van der Waals surface area contributed by atoms with Crippen molar-refractivity contribution in [3.05, 3.63) is 35.9 Å². The fourth-order valence-corrected chi connectivity index (χ4v) is 6.26. The van der Waals surface area contributed by atoms with Crippen LogP contribution in [0.1, 0.15) is 89.0 Å². The van der Waals surface area contributed by atoms with Crippen LogP contribution >= 0.6 is 0 Å². The van der Waals surface area contributed by atoms with Crippen molar-refractivity contribution < 1.29 is 9.90 Å². The van der Waals surface area contributed by atoms with E-state index in [2.05, 4.69) is 10.2 Å². The lowest BCUT2D eigenvalue weighted by molar-refractivity contribution is -0.148. The zero-order chi connectivity index (χ0) is 21.5. The molecule has 1 aromatic carbocycles. The minimum absolute atomic E-state index is 0.0229. The molecular formula is C27H42N2O2. The summed E-state index contributed by atoms with van der Waals surface area (Å²) in [6, 6.07) is 9.79. The maximum Gasteiger partial charge on any atom is 0.257 e. The van der Waals surface area contributed by atoms with Crippen molar-refractivity contribution in [2.24, 2.45) is 11.8 Å². The van der Waals surface area contributed by atoms with Gasteiger partial charge in [0.2, 0.25) is 0 Å². The van der Waals surface area contributed by atoms with Crippen molar-refractivity contribution in [3.8, 4) is 0 Å². The minimum atomic E-state index is -1.39. The van der Waals surface area contributed by atoms with E-state index in [4.69, 9.17) is 0 Å². The molecule has 4 rings (SSSR count). The second kappa shape index (κ2) is 11.0. The van der Waals surface area contributed by atoms with E-state index < -0.39 is 5.60 Å². The number of hydrogen-bond donors (Lipinski definition) is 2. The van der Waals surface area contributed by atoms with Crippen LogP contribution in [-0.2, 0) is 10.4 Å². The summed E-state index contributed by atoms with van der Waals surface area (Å²) in [5.41, 5.74) is -0.644. The summed E-state index contributed by atoms with van der Waals surface area (Å²) >= 11 is 0. The minimum Gasteiger partial charge on any atom is -0.375 e. The van der Waals surface area contributed by atoms with Crippen LogP contribution < -0.4 is 5.32 Å². The summed E-state index contributed by atoms with van der Waals surface area (Å²) < 4.78 is 0. The molecule has 1 unspecified atom stereocenters. The van der Waals surface area contributed by atoms with Gasteiger partial charge in [0.15, 0.2) is 5.60 Å². The van der Waals surface area contributed by atoms with Crippen molar-refractivity contribution in [1.29, 1.82) is 0 Å². The maximum atomic E-state index is 13.4. The van der Waals surface area contributed by atoms with Crippen LogP contribution in [0.25, 0.3) is 0 Å². The van der Waals surface area contributed by atoms with Crippen molar-refractivity contribution in [2.75, 3.05) is 19.6 Å². The van der Waals surface area contributed by atoms with Gasteiger partial charge in [0.1, 0.15) is 0 Å². The highest BCUT2D eigenvalue weighted by Gasteiger charge is 2.46. The Morgan fingerprint density at radius 2 is 1.58 bits per heavy atom. The standard InChI is InChI=1S/C27H42N2O2/c30-26(27(31,24-15-7-8-16-24)23-13-5-2-6-14-23)28-25-17-20-29(21-18-25)19-9-12-22-10-3-1-4-11-22/h2,5-6,13-14,22,24-25,31H,1,3-4,7-12,15-21H2,(H,28,30). The topological polar surface area (TPSA) is 52.6 Å². The average Bonchev–Trinajstić information content (AvgIpc) is 3.36. The molecule has 0 aromatic heterocycles. The highest BCUT2D eigenvalue weighted by molar-refractivity contribution is 5.87. The molecule has 3 aliphatic rings. The van der Waals surface area contributed by atoms with E-state index in [1.54, 1.807) is 0 Å². The van der Waals surface area contributed by atoms with Crippen LogP contribution in [0.3, 0.4) is 0 Å². The molecule has 0 radical (unpaired) electrons. The predicted octanol–water partition coefficient (Wildman–Crippen LogP) is 5.01. The van der Waals surface area contributed by atoms with Gasteiger partial charge in [-0.25, -0.2) is 0 Å². The predicted molar refractivity (Wildman–Crippen MR) is 126 cm³/mol. The van der Waals surface area contributed by atoms with E-state index in [1.807, 2.05) is 30.3 Å². The number of rotatable bonds is 8. The average molecular weight is 427 g/mol. The van der Waals surface area contributed by atoms with Gasteiger partial charge in [-0.1, -0.05) is 75.3 Å². The Hall–Kier alpha value is -1.39. The Bertz CT molecular complexity index is 674. The van der Waals surface area contributed by atoms with E-state index >= 15 is 0 Å². The normalized spacial score (nSPS) is 24.2. The fraction of sp³-hybridized carbons (Fsp3) is 0.741. The van der Waals surface area contributed by atoms with E-state index in [9.17, 15) is 9.90 Å². The lowest BCUT2D eigenvalue weighted by Crippen LogP contribution is -2.54. The molecule has 2 aliphatic carbocycles. The zero-order valence-corrected chi connectivity index (χ0v) is 19.2. The number of likely N-dealkylation sites (tertiary alicyclic amines) is 1. The molecular weight excluding hydrogens is 384 g/mol. The van der Waals surface area contributed by atoms with Gasteiger partial charge in [0.25, 0.3) is 5.91 Å². The molecule has 1 amide bonds. The molecule has 3 fully saturated rings. The monoisotopic (exact) mass is 426 g/mol. The molecule has 0 bridgehead atoms. The summed E-state index contributed by atoms with van der Waals surface area (Å²) in [5.74, 6) is 0.813. The summed E-state index contributed by atoms with van der Waals surface area (Å²) in [4.78, 5) is 15.9. The molecule has 2 N–H and O–H groups in total. The van der Waals surface area contributed by atoms with Crippen LogP contribution in [0.5, 0.6) is 0 Å². The molecule has 1 heterocycles. The fourth-order valence-electron chi connectivity index (χ4n) is 6.26. The maximum absolute atomic E-state index is 13.4. The Morgan fingerprint density at radius 3 is 2.26 bits per heavy atom. The lowest BCUT2D eigenvalue weighted by Gasteiger charge is -2.37. The van der Waals surface area contributed by atoms with Gasteiger partial charge in [-0.3, -0.25) is 4.79 Å². The number of aliphatic hydroxyl groups is 1. The number of piperidine rings is 1. The summed E-state index contributed by atoms with van der Waals surface area (Å²) in [7, 11) is 0. The van der Waals surface area contributed by atoms with E-state index in [1.165, 1.54) is 51.5 Å². The Balaban J connectivity index is 1.26. The summed E-state index contributed by atoms with van der Waals surface area (Å²) in [5, 5.41) is 14.9. The summed E-state index contributed by atoms with van der Waals surface area (Å²) in [6.45, 7) is 3.32. The first-order valence-corrected chi connectivity index (χ1v) is 13.0. The smallest absolute Gasteiger partial charge is 0.257 e. The number of hydrogen-bond acceptors (Lipinski definition) is 3. The largest absolute Gasteiger partial charge is 0.375 e. The molecule has 0 spiro atoms. The zero-order valence-electron chi connectivity index (χ0n) is 19.2. The highest BCUT2D eigenvalue weighted by atomic mass is 16.3. The van der Waals surface area contributed by atoms with Gasteiger partial charge in [0, 0.05) is 25.0 Å². The Kier molecular flexibility index (Phi) is 8.06. The van der Waals surface area contributed by atoms with Gasteiger partial charge in [-0.15, -0.1) is 0 Å². The number of carbonyl (C=O) groups excluding carboxylic acids is 1. The second-order valence-corrected chi connectivity index (χ2v) is 10.3. The van der Waals surface area contributed by atoms with E-state index in [-0.39, 0.29) is 17.9 Å². The quantitative estimate of drug-likeness (QED) is 0.615. The highest BCUT2D eigenvalue weighted by Crippen LogP contribution is 2.41. The molecule has 1 aliphatic heterocycles. The molecule has 1 saturated heterocycles. The SMILES string of the molecule is O=C(NC1CCN(CCCC2CCCCC2)CC1)C(O)(c1ccccc1)C1CCCC1. The van der Waals surface area contributed by atoms with Crippen LogP contribution in [0, 0.1) is 11.8 Å². The van der Waals surface area contributed by atoms with Crippen molar-refractivity contribution >= 4 is 5.91 Å². The van der Waals surface area contributed by atoms with Crippen LogP contribution in [0.15, 0.2) is 30.3 Å². The van der Waals surface area contributed by atoms with Gasteiger partial charge >= 0.3 is 0 Å². The van der Waals surface area contributed by atoms with Gasteiger partial charge in [-0.05, 0) is 56.6 Å². The molecule has 4 nitrogen and oxygen atoms in total. The summed E-state index contributed by atoms with van der Waals surface area (Å²) in [6.07, 6.45) is 16.0. The number of amides is 1. The Morgan fingerprint density at radius 1 is 0.935 bits per heavy atom. The van der Waals surface area contributed by atoms with Crippen molar-refractivity contribution in [2.45, 2.75) is 95.1 Å². The number of nitrogens with zero attached hydrogens (tertiary/aromatic N) is 1. The van der Waals surface area contributed by atoms with Crippen molar-refractivity contribution in [3.63, 3.8) is 0 Å². The van der Waals surface area contributed by atoms with Crippen LogP contribution in [-0.4, -0.2) is 41.6 Å². The third-order valence-corrected chi connectivity index (χ3v) is 8.24. The third kappa shape index (κ3) is 5.70. The van der Waals surface area contributed by atoms with Gasteiger partial charge < -0.3 is 15.3 Å². The first kappa shape index (κ1) is 22.8. The van der Waals surface area contributed by atoms with Crippen molar-refractivity contribution in [1.82, 2.24) is 10.2 Å². The third-order valence-electron chi connectivity index (χ3n) is 8.24. The molecule has 31 heavy (non-hydrogen) atoms. The van der Waals surface area contributed by atoms with Gasteiger partial charge in [-0.2, -0.15) is 0 Å². The number of nitrogens with one attached hydrogen (secondary N) is 1. The Labute approximate surface area is 188 Å². The second-order valence-electron chi connectivity index (χ2n) is 10.3. The molecule has 2 saturated carbocycles. The first-order chi connectivity index (χ1) is 15.2. The molecule has 1 aromatic rings. The number of benzene rings is 1. The first-order valence-electron chi connectivity index (χ1n) is 13.0.